The molecule has 19 heavy (non-hydrogen) atoms. The average molecular weight is 295 g/mol. The zero-order chi connectivity index (χ0) is 13.4. The number of fused-ring (bicyclic) bond motifs is 1. The Balaban J connectivity index is 2.34. The van der Waals surface area contributed by atoms with Gasteiger partial charge in [-0.2, -0.15) is 0 Å². The summed E-state index contributed by atoms with van der Waals surface area (Å²) in [6.07, 6.45) is 0. The van der Waals surface area contributed by atoms with Gasteiger partial charge in [-0.25, -0.2) is 9.37 Å². The van der Waals surface area contributed by atoms with Crippen LogP contribution in [0.15, 0.2) is 42.5 Å². The molecule has 0 spiro atoms. The average Bonchev–Trinajstić information content (AvgIpc) is 2.76. The van der Waals surface area contributed by atoms with Crippen LogP contribution in [0.2, 0.25) is 5.02 Å². The van der Waals surface area contributed by atoms with Crippen LogP contribution in [-0.4, -0.2) is 9.55 Å². The monoisotopic (exact) mass is 294 g/mol. The lowest BCUT2D eigenvalue weighted by molar-refractivity contribution is 0.629. The highest BCUT2D eigenvalue weighted by Gasteiger charge is 2.12. The van der Waals surface area contributed by atoms with Gasteiger partial charge in [0.05, 0.1) is 16.9 Å². The molecule has 0 N–H and O–H groups in total. The molecule has 96 valence electrons. The standard InChI is InChI=1S/C14H9Cl2FN2/c15-8-14-18-12-5-4-10(17)7-13(12)19(14)11-3-1-2-9(16)6-11/h1-7H,8H2. The highest BCUT2D eigenvalue weighted by Crippen LogP contribution is 2.25. The van der Waals surface area contributed by atoms with Crippen LogP contribution in [0.5, 0.6) is 0 Å². The smallest absolute Gasteiger partial charge is 0.129 e. The van der Waals surface area contributed by atoms with Gasteiger partial charge in [0.25, 0.3) is 0 Å². The molecule has 0 saturated carbocycles. The van der Waals surface area contributed by atoms with Crippen LogP contribution in [-0.2, 0) is 5.88 Å². The topological polar surface area (TPSA) is 17.8 Å². The molecule has 0 unspecified atom stereocenters. The van der Waals surface area contributed by atoms with Crippen LogP contribution in [0.25, 0.3) is 16.7 Å². The minimum absolute atomic E-state index is 0.239. The van der Waals surface area contributed by atoms with Gasteiger partial charge in [0.2, 0.25) is 0 Å². The Morgan fingerprint density at radius 2 is 2.00 bits per heavy atom. The Bertz CT molecular complexity index is 752. The number of hydrogen-bond donors (Lipinski definition) is 0. The van der Waals surface area contributed by atoms with E-state index in [2.05, 4.69) is 4.98 Å². The van der Waals surface area contributed by atoms with E-state index < -0.39 is 0 Å². The zero-order valence-corrected chi connectivity index (χ0v) is 11.3. The van der Waals surface area contributed by atoms with Crippen molar-refractivity contribution in [2.75, 3.05) is 0 Å². The van der Waals surface area contributed by atoms with Gasteiger partial charge < -0.3 is 0 Å². The van der Waals surface area contributed by atoms with Crippen LogP contribution in [0.1, 0.15) is 5.82 Å². The molecule has 0 fully saturated rings. The molecule has 0 saturated heterocycles. The first-order valence-corrected chi connectivity index (χ1v) is 6.59. The summed E-state index contributed by atoms with van der Waals surface area (Å²) in [7, 11) is 0. The molecule has 3 rings (SSSR count). The van der Waals surface area contributed by atoms with Gasteiger partial charge in [0, 0.05) is 16.8 Å². The second-order valence-electron chi connectivity index (χ2n) is 4.11. The van der Waals surface area contributed by atoms with Crippen molar-refractivity contribution in [1.82, 2.24) is 9.55 Å². The number of imidazole rings is 1. The predicted molar refractivity (Wildman–Crippen MR) is 75.6 cm³/mol. The highest BCUT2D eigenvalue weighted by molar-refractivity contribution is 6.30. The SMILES string of the molecule is Fc1ccc2nc(CCl)n(-c3cccc(Cl)c3)c2c1. The molecule has 5 heteroatoms. The van der Waals surface area contributed by atoms with Crippen molar-refractivity contribution < 1.29 is 4.39 Å². The van der Waals surface area contributed by atoms with E-state index in [0.29, 0.717) is 21.9 Å². The summed E-state index contributed by atoms with van der Waals surface area (Å²) in [4.78, 5) is 4.40. The minimum Gasteiger partial charge on any atom is -0.295 e. The van der Waals surface area contributed by atoms with Gasteiger partial charge in [-0.3, -0.25) is 4.57 Å². The Labute approximate surface area is 119 Å². The van der Waals surface area contributed by atoms with Crippen molar-refractivity contribution in [2.24, 2.45) is 0 Å². The molecule has 0 atom stereocenters. The largest absolute Gasteiger partial charge is 0.295 e. The molecule has 0 radical (unpaired) electrons. The van der Waals surface area contributed by atoms with Crippen LogP contribution in [0, 0.1) is 5.82 Å². The summed E-state index contributed by atoms with van der Waals surface area (Å²) in [6, 6.07) is 11.8. The van der Waals surface area contributed by atoms with E-state index in [-0.39, 0.29) is 11.7 Å². The van der Waals surface area contributed by atoms with Crippen molar-refractivity contribution in [3.8, 4) is 5.69 Å². The fourth-order valence-electron chi connectivity index (χ4n) is 2.09. The summed E-state index contributed by atoms with van der Waals surface area (Å²) in [5.74, 6) is 0.587. The Morgan fingerprint density at radius 1 is 1.16 bits per heavy atom. The van der Waals surface area contributed by atoms with Gasteiger partial charge in [-0.05, 0) is 30.3 Å². The first kappa shape index (κ1) is 12.5. The molecule has 1 aromatic heterocycles. The third-order valence-corrected chi connectivity index (χ3v) is 3.35. The summed E-state index contributed by atoms with van der Waals surface area (Å²) in [6.45, 7) is 0. The second-order valence-corrected chi connectivity index (χ2v) is 4.81. The fraction of sp³-hybridized carbons (Fsp3) is 0.0714. The Morgan fingerprint density at radius 3 is 2.74 bits per heavy atom. The van der Waals surface area contributed by atoms with E-state index >= 15 is 0 Å². The molecule has 0 aliphatic rings. The van der Waals surface area contributed by atoms with Crippen molar-refractivity contribution in [2.45, 2.75) is 5.88 Å². The van der Waals surface area contributed by atoms with E-state index in [4.69, 9.17) is 23.2 Å². The van der Waals surface area contributed by atoms with E-state index in [0.717, 1.165) is 5.69 Å². The maximum atomic E-state index is 13.4. The summed E-state index contributed by atoms with van der Waals surface area (Å²) in [5.41, 5.74) is 2.20. The molecular formula is C14H9Cl2FN2. The van der Waals surface area contributed by atoms with Crippen molar-refractivity contribution >= 4 is 34.2 Å². The number of rotatable bonds is 2. The summed E-state index contributed by atoms with van der Waals surface area (Å²) >= 11 is 11.9. The lowest BCUT2D eigenvalue weighted by Crippen LogP contribution is -1.99. The lowest BCUT2D eigenvalue weighted by atomic mass is 10.2. The number of alkyl halides is 1. The first-order valence-electron chi connectivity index (χ1n) is 5.68. The Kier molecular flexibility index (Phi) is 3.17. The second kappa shape index (κ2) is 4.83. The van der Waals surface area contributed by atoms with E-state index in [1.807, 2.05) is 16.7 Å². The third kappa shape index (κ3) is 2.20. The quantitative estimate of drug-likeness (QED) is 0.634. The van der Waals surface area contributed by atoms with Crippen molar-refractivity contribution in [1.29, 1.82) is 0 Å². The zero-order valence-electron chi connectivity index (χ0n) is 9.78. The number of benzene rings is 2. The molecular weight excluding hydrogens is 286 g/mol. The minimum atomic E-state index is -0.309. The van der Waals surface area contributed by atoms with Gasteiger partial charge >= 0.3 is 0 Å². The molecule has 3 aromatic rings. The fourth-order valence-corrected chi connectivity index (χ4v) is 2.46. The van der Waals surface area contributed by atoms with Crippen molar-refractivity contribution in [3.63, 3.8) is 0 Å². The predicted octanol–water partition coefficient (Wildman–Crippen LogP) is 4.56. The van der Waals surface area contributed by atoms with E-state index in [9.17, 15) is 4.39 Å². The number of hydrogen-bond acceptors (Lipinski definition) is 1. The van der Waals surface area contributed by atoms with Gasteiger partial charge in [0.1, 0.15) is 11.6 Å². The number of aromatic nitrogens is 2. The van der Waals surface area contributed by atoms with Crippen LogP contribution in [0.4, 0.5) is 4.39 Å². The van der Waals surface area contributed by atoms with Crippen LogP contribution in [0.3, 0.4) is 0 Å². The number of nitrogens with zero attached hydrogens (tertiary/aromatic N) is 2. The van der Waals surface area contributed by atoms with Crippen molar-refractivity contribution in [3.05, 3.63) is 59.1 Å². The summed E-state index contributed by atoms with van der Waals surface area (Å²) < 4.78 is 15.2. The first-order chi connectivity index (χ1) is 9.19. The van der Waals surface area contributed by atoms with Gasteiger partial charge in [0.15, 0.2) is 0 Å². The highest BCUT2D eigenvalue weighted by atomic mass is 35.5. The molecule has 0 aliphatic carbocycles. The molecule has 0 amide bonds. The van der Waals surface area contributed by atoms with Gasteiger partial charge in [-0.15, -0.1) is 11.6 Å². The van der Waals surface area contributed by atoms with Crippen LogP contribution >= 0.6 is 23.2 Å². The lowest BCUT2D eigenvalue weighted by Gasteiger charge is -2.08. The maximum Gasteiger partial charge on any atom is 0.129 e. The van der Waals surface area contributed by atoms with Crippen LogP contribution < -0.4 is 0 Å². The Hall–Kier alpha value is -1.58. The van der Waals surface area contributed by atoms with E-state index in [1.165, 1.54) is 12.1 Å². The van der Waals surface area contributed by atoms with Gasteiger partial charge in [-0.1, -0.05) is 17.7 Å². The molecule has 2 nitrogen and oxygen atoms in total. The molecule has 1 heterocycles. The normalized spacial score (nSPS) is 11.1. The molecule has 0 aliphatic heterocycles. The number of halogens is 3. The third-order valence-electron chi connectivity index (χ3n) is 2.87. The van der Waals surface area contributed by atoms with E-state index in [1.54, 1.807) is 18.2 Å². The maximum absolute atomic E-state index is 13.4. The summed E-state index contributed by atoms with van der Waals surface area (Å²) in [5, 5.41) is 0.608. The molecule has 2 aromatic carbocycles. The molecule has 0 bridgehead atoms.